The molecule has 0 rings (SSSR count). The quantitative estimate of drug-likeness (QED) is 0.331. The number of rotatable bonds is 6. The minimum Gasteiger partial charge on any atom is -0.480 e. The zero-order valence-corrected chi connectivity index (χ0v) is 8.05. The zero-order chi connectivity index (χ0) is 9.40. The molecule has 70 valence electrons. The zero-order valence-electron chi connectivity index (χ0n) is 7.16. The molecule has 0 saturated heterocycles. The van der Waals surface area contributed by atoms with Gasteiger partial charge in [-0.25, -0.2) is 0 Å². The van der Waals surface area contributed by atoms with E-state index in [1.54, 1.807) is 0 Å². The number of hydrogen-bond donors (Lipinski definition) is 3. The molecule has 12 heavy (non-hydrogen) atoms. The van der Waals surface area contributed by atoms with Crippen LogP contribution in [0.4, 0.5) is 0 Å². The van der Waals surface area contributed by atoms with Gasteiger partial charge in [0, 0.05) is 5.75 Å². The average molecular weight is 189 g/mol. The number of thiol groups is 1. The summed E-state index contributed by atoms with van der Waals surface area (Å²) in [6.45, 7) is 2.62. The van der Waals surface area contributed by atoms with E-state index in [-0.39, 0.29) is 0 Å². The summed E-state index contributed by atoms with van der Waals surface area (Å²) < 4.78 is 0. The molecule has 0 radical (unpaired) electrons. The maximum absolute atomic E-state index is 10.5. The van der Waals surface area contributed by atoms with Gasteiger partial charge < -0.3 is 10.4 Å². The lowest BCUT2D eigenvalue weighted by molar-refractivity contribution is -0.138. The number of hydrogen-bond acceptors (Lipinski definition) is 3. The Morgan fingerprint density at radius 2 is 2.42 bits per heavy atom. The molecule has 1 atom stereocenters. The highest BCUT2D eigenvalue weighted by molar-refractivity contribution is 7.80. The maximum Gasteiger partial charge on any atom is 0.321 e. The number of aliphatic carboxylic acids is 1. The molecular weight excluding hydrogens is 174 g/mol. The Morgan fingerprint density at radius 3 is 2.83 bits per heavy atom. The highest BCUT2D eigenvalue weighted by Gasteiger charge is 2.12. The van der Waals surface area contributed by atoms with Crippen LogP contribution >= 0.6 is 12.6 Å². The van der Waals surface area contributed by atoms with E-state index in [1.807, 2.05) is 19.1 Å². The third kappa shape index (κ3) is 5.21. The fourth-order valence-corrected chi connectivity index (χ4v) is 1.02. The second-order valence-corrected chi connectivity index (χ2v) is 2.75. The normalized spacial score (nSPS) is 13.5. The molecule has 0 heterocycles. The Morgan fingerprint density at radius 1 is 1.75 bits per heavy atom. The van der Waals surface area contributed by atoms with Crippen LogP contribution in [0.5, 0.6) is 0 Å². The highest BCUT2D eigenvalue weighted by atomic mass is 32.1. The van der Waals surface area contributed by atoms with Gasteiger partial charge in [-0.15, -0.1) is 0 Å². The van der Waals surface area contributed by atoms with Crippen molar-refractivity contribution < 1.29 is 9.90 Å². The van der Waals surface area contributed by atoms with Gasteiger partial charge in [0.05, 0.1) is 0 Å². The average Bonchev–Trinajstić information content (AvgIpc) is 2.04. The summed E-state index contributed by atoms with van der Waals surface area (Å²) in [5.74, 6) is -0.518. The van der Waals surface area contributed by atoms with Crippen LogP contribution in [0.3, 0.4) is 0 Å². The van der Waals surface area contributed by atoms with E-state index >= 15 is 0 Å². The van der Waals surface area contributed by atoms with Crippen LogP contribution in [0.25, 0.3) is 0 Å². The molecule has 4 heteroatoms. The lowest BCUT2D eigenvalue weighted by atomic mass is 10.3. The van der Waals surface area contributed by atoms with Gasteiger partial charge >= 0.3 is 5.97 Å². The Kier molecular flexibility index (Phi) is 6.90. The van der Waals surface area contributed by atoms with E-state index in [1.165, 1.54) is 0 Å². The van der Waals surface area contributed by atoms with Gasteiger partial charge in [-0.2, -0.15) is 12.6 Å². The number of nitrogens with one attached hydrogen (secondary N) is 1. The van der Waals surface area contributed by atoms with Gasteiger partial charge in [0.1, 0.15) is 6.04 Å². The minimum atomic E-state index is -0.842. The largest absolute Gasteiger partial charge is 0.480 e. The molecule has 0 aromatic carbocycles. The topological polar surface area (TPSA) is 49.3 Å². The van der Waals surface area contributed by atoms with Crippen molar-refractivity contribution in [2.45, 2.75) is 19.4 Å². The minimum absolute atomic E-state index is 0.325. The first-order valence-electron chi connectivity index (χ1n) is 3.90. The van der Waals surface area contributed by atoms with E-state index in [0.29, 0.717) is 12.3 Å². The summed E-state index contributed by atoms with van der Waals surface area (Å²) in [5.41, 5.74) is 0. The van der Waals surface area contributed by atoms with Gasteiger partial charge in [0.25, 0.3) is 0 Å². The molecule has 0 bridgehead atoms. The van der Waals surface area contributed by atoms with Crippen molar-refractivity contribution in [2.75, 3.05) is 12.3 Å². The number of allylic oxidation sites excluding steroid dienone is 1. The first-order chi connectivity index (χ1) is 5.72. The summed E-state index contributed by atoms with van der Waals surface area (Å²) in [6.07, 6.45) is 4.79. The molecule has 0 spiro atoms. The van der Waals surface area contributed by atoms with Crippen LogP contribution in [0, 0.1) is 0 Å². The van der Waals surface area contributed by atoms with Gasteiger partial charge in [-0.3, -0.25) is 4.79 Å². The van der Waals surface area contributed by atoms with Crippen molar-refractivity contribution in [1.29, 1.82) is 0 Å². The SMILES string of the molecule is CC=CCCN[C@@H](CS)C(=O)O. The molecule has 0 aliphatic heterocycles. The molecule has 0 fully saturated rings. The van der Waals surface area contributed by atoms with Crippen LogP contribution in [-0.4, -0.2) is 29.4 Å². The fourth-order valence-electron chi connectivity index (χ4n) is 0.738. The molecule has 0 unspecified atom stereocenters. The van der Waals surface area contributed by atoms with E-state index in [9.17, 15) is 4.79 Å². The second-order valence-electron chi connectivity index (χ2n) is 2.39. The van der Waals surface area contributed by atoms with Crippen LogP contribution in [-0.2, 0) is 4.79 Å². The van der Waals surface area contributed by atoms with Crippen molar-refractivity contribution in [2.24, 2.45) is 0 Å². The maximum atomic E-state index is 10.5. The summed E-state index contributed by atoms with van der Waals surface area (Å²) in [4.78, 5) is 10.5. The highest BCUT2D eigenvalue weighted by Crippen LogP contribution is 1.89. The van der Waals surface area contributed by atoms with Crippen molar-refractivity contribution >= 4 is 18.6 Å². The third-order valence-electron chi connectivity index (χ3n) is 1.42. The van der Waals surface area contributed by atoms with Crippen molar-refractivity contribution in [3.05, 3.63) is 12.2 Å². The molecule has 0 aliphatic rings. The van der Waals surface area contributed by atoms with Crippen LogP contribution in [0.15, 0.2) is 12.2 Å². The number of carbonyl (C=O) groups is 1. The smallest absolute Gasteiger partial charge is 0.321 e. The summed E-state index contributed by atoms with van der Waals surface area (Å²) in [5, 5.41) is 11.5. The Balaban J connectivity index is 3.51. The van der Waals surface area contributed by atoms with Gasteiger partial charge in [-0.1, -0.05) is 12.2 Å². The van der Waals surface area contributed by atoms with Crippen LogP contribution < -0.4 is 5.32 Å². The lowest BCUT2D eigenvalue weighted by Gasteiger charge is -2.09. The molecule has 2 N–H and O–H groups in total. The second kappa shape index (κ2) is 7.18. The van der Waals surface area contributed by atoms with E-state index in [0.717, 1.165) is 6.42 Å². The molecule has 0 aliphatic carbocycles. The van der Waals surface area contributed by atoms with Crippen LogP contribution in [0.2, 0.25) is 0 Å². The molecular formula is C8H15NO2S. The van der Waals surface area contributed by atoms with Crippen molar-refractivity contribution in [3.63, 3.8) is 0 Å². The predicted octanol–water partition coefficient (Wildman–Crippen LogP) is 0.925. The standard InChI is InChI=1S/C8H15NO2S/c1-2-3-4-5-9-7(6-12)8(10)11/h2-3,7,9,12H,4-6H2,1H3,(H,10,11)/t7-/m0/s1. The molecule has 0 amide bonds. The first-order valence-corrected chi connectivity index (χ1v) is 4.53. The van der Waals surface area contributed by atoms with E-state index in [4.69, 9.17) is 5.11 Å². The first kappa shape index (κ1) is 11.5. The lowest BCUT2D eigenvalue weighted by Crippen LogP contribution is -2.38. The number of carboxylic acids is 1. The fraction of sp³-hybridized carbons (Fsp3) is 0.625. The van der Waals surface area contributed by atoms with Gasteiger partial charge in [0.15, 0.2) is 0 Å². The summed E-state index contributed by atoms with van der Waals surface area (Å²) >= 11 is 3.92. The summed E-state index contributed by atoms with van der Waals surface area (Å²) in [7, 11) is 0. The molecule has 3 nitrogen and oxygen atoms in total. The Bertz CT molecular complexity index is 159. The van der Waals surface area contributed by atoms with Gasteiger partial charge in [-0.05, 0) is 19.9 Å². The number of carboxylic acid groups (broad SMARTS) is 1. The molecule has 0 aromatic heterocycles. The third-order valence-corrected chi connectivity index (χ3v) is 1.78. The van der Waals surface area contributed by atoms with E-state index in [2.05, 4.69) is 17.9 Å². The Labute approximate surface area is 78.3 Å². The monoisotopic (exact) mass is 189 g/mol. The molecule has 0 aromatic rings. The van der Waals surface area contributed by atoms with Gasteiger partial charge in [0.2, 0.25) is 0 Å². The van der Waals surface area contributed by atoms with Crippen molar-refractivity contribution in [1.82, 2.24) is 5.32 Å². The van der Waals surface area contributed by atoms with Crippen molar-refractivity contribution in [3.8, 4) is 0 Å². The van der Waals surface area contributed by atoms with Crippen LogP contribution in [0.1, 0.15) is 13.3 Å². The molecule has 0 saturated carbocycles. The van der Waals surface area contributed by atoms with E-state index < -0.39 is 12.0 Å². The predicted molar refractivity (Wildman–Crippen MR) is 52.7 cm³/mol. The Hall–Kier alpha value is -0.480. The summed E-state index contributed by atoms with van der Waals surface area (Å²) in [6, 6.07) is -0.529.